The highest BCUT2D eigenvalue weighted by Gasteiger charge is 2.27. The van der Waals surface area contributed by atoms with Gasteiger partial charge in [-0.15, -0.1) is 3.97 Å². The fraction of sp³-hybridized carbons (Fsp3) is 0.133. The van der Waals surface area contributed by atoms with Gasteiger partial charge in [-0.2, -0.15) is 8.42 Å². The largest absolute Gasteiger partial charge is 0.512 e. The normalized spacial score (nSPS) is 13.2. The first kappa shape index (κ1) is 15.9. The van der Waals surface area contributed by atoms with Gasteiger partial charge in [0, 0.05) is 0 Å². The molecule has 0 unspecified atom stereocenters. The lowest BCUT2D eigenvalue weighted by Gasteiger charge is -2.03. The second-order valence-electron chi connectivity index (χ2n) is 5.31. The molecule has 2 aromatic heterocycles. The van der Waals surface area contributed by atoms with E-state index in [2.05, 4.69) is 5.10 Å². The van der Waals surface area contributed by atoms with Crippen LogP contribution in [-0.4, -0.2) is 23.1 Å². The third-order valence-electron chi connectivity index (χ3n) is 3.49. The number of nitrogens with two attached hydrogens (primary N) is 1. The summed E-state index contributed by atoms with van der Waals surface area (Å²) in [6, 6.07) is 9.92. The molecule has 0 bridgehead atoms. The molecule has 0 atom stereocenters. The number of benzene rings is 1. The van der Waals surface area contributed by atoms with Crippen molar-refractivity contribution in [2.75, 3.05) is 5.73 Å². The van der Waals surface area contributed by atoms with Gasteiger partial charge in [0.1, 0.15) is 22.9 Å². The summed E-state index contributed by atoms with van der Waals surface area (Å²) < 4.78 is 27.4. The molecule has 3 aromatic rings. The Morgan fingerprint density at radius 3 is 2.62 bits per heavy atom. The minimum Gasteiger partial charge on any atom is -0.512 e. The van der Waals surface area contributed by atoms with Crippen LogP contribution in [-0.2, 0) is 15.8 Å². The average Bonchev–Trinajstić information content (AvgIpc) is 2.89. The number of nitrogens with zero attached hydrogens (tertiary/aromatic N) is 3. The molecule has 0 saturated carbocycles. The number of hydrogen-bond acceptors (Lipinski definition) is 6. The molecule has 24 heavy (non-hydrogen) atoms. The number of aliphatic hydroxyl groups excluding tert-OH is 1. The number of aliphatic hydroxyl groups is 1. The van der Waals surface area contributed by atoms with Gasteiger partial charge in [-0.3, -0.25) is 0 Å². The van der Waals surface area contributed by atoms with E-state index < -0.39 is 15.6 Å². The van der Waals surface area contributed by atoms with Gasteiger partial charge in [-0.25, -0.2) is 4.79 Å². The maximum atomic E-state index is 12.8. The summed E-state index contributed by atoms with van der Waals surface area (Å²) in [5.74, 6) is -0.579. The molecule has 8 nitrogen and oxygen atoms in total. The van der Waals surface area contributed by atoms with Crippen LogP contribution in [0.25, 0.3) is 11.4 Å². The van der Waals surface area contributed by atoms with Gasteiger partial charge in [0.2, 0.25) is 0 Å². The third-order valence-corrected chi connectivity index (χ3v) is 5.08. The Balaban J connectivity index is 2.31. The lowest BCUT2D eigenvalue weighted by atomic mass is 10.2. The van der Waals surface area contributed by atoms with Crippen LogP contribution in [0.4, 0.5) is 5.82 Å². The van der Waals surface area contributed by atoms with Crippen molar-refractivity contribution in [2.45, 2.75) is 12.7 Å². The van der Waals surface area contributed by atoms with Crippen molar-refractivity contribution < 1.29 is 17.5 Å². The summed E-state index contributed by atoms with van der Waals surface area (Å²) in [6.45, 7) is 1.30. The summed E-state index contributed by atoms with van der Waals surface area (Å²) in [4.78, 5) is 12.3. The van der Waals surface area contributed by atoms with E-state index in [-0.39, 0.29) is 28.2 Å². The van der Waals surface area contributed by atoms with Gasteiger partial charge in [0.25, 0.3) is 0 Å². The quantitative estimate of drug-likeness (QED) is 0.608. The second kappa shape index (κ2) is 5.60. The maximum absolute atomic E-state index is 12.8. The number of rotatable bonds is 3. The molecule has 124 valence electrons. The van der Waals surface area contributed by atoms with Crippen LogP contribution in [0.15, 0.2) is 47.4 Å². The molecule has 2 heterocycles. The van der Waals surface area contributed by atoms with Crippen molar-refractivity contribution in [1.29, 1.82) is 0 Å². The molecule has 0 aliphatic heterocycles. The van der Waals surface area contributed by atoms with Gasteiger partial charge < -0.3 is 10.8 Å². The van der Waals surface area contributed by atoms with Crippen LogP contribution < -0.4 is 20.5 Å². The molecular formula is C15H15N4O4S+. The summed E-state index contributed by atoms with van der Waals surface area (Å²) in [6.07, 6.45) is 1.09. The van der Waals surface area contributed by atoms with Crippen molar-refractivity contribution in [3.05, 3.63) is 63.7 Å². The van der Waals surface area contributed by atoms with Crippen molar-refractivity contribution in [3.63, 3.8) is 0 Å². The van der Waals surface area contributed by atoms with Crippen LogP contribution in [0.1, 0.15) is 12.5 Å². The highest BCUT2D eigenvalue weighted by Crippen LogP contribution is 2.06. The van der Waals surface area contributed by atoms with Crippen molar-refractivity contribution in [2.24, 2.45) is 0 Å². The van der Waals surface area contributed by atoms with Crippen LogP contribution >= 0.6 is 0 Å². The van der Waals surface area contributed by atoms with Crippen LogP contribution in [0.2, 0.25) is 0 Å². The van der Waals surface area contributed by atoms with E-state index in [1.165, 1.54) is 13.0 Å². The summed E-state index contributed by atoms with van der Waals surface area (Å²) in [7, 11) is -3.86. The molecule has 0 amide bonds. The SMILES string of the molecule is C/C(O)=c1\c[n+](S(=O)(=O)Cc2ccccc2)c2cc(N)nn2c1=O. The zero-order valence-corrected chi connectivity index (χ0v) is 13.6. The van der Waals surface area contributed by atoms with E-state index in [0.29, 0.717) is 5.56 Å². The molecule has 1 aromatic carbocycles. The van der Waals surface area contributed by atoms with Crippen molar-refractivity contribution >= 4 is 27.2 Å². The summed E-state index contributed by atoms with van der Waals surface area (Å²) >= 11 is 0. The zero-order valence-electron chi connectivity index (χ0n) is 12.7. The van der Waals surface area contributed by atoms with Crippen LogP contribution in [0, 0.1) is 0 Å². The Labute approximate surface area is 137 Å². The van der Waals surface area contributed by atoms with Gasteiger partial charge >= 0.3 is 21.2 Å². The van der Waals surface area contributed by atoms with E-state index in [9.17, 15) is 18.3 Å². The van der Waals surface area contributed by atoms with E-state index in [1.54, 1.807) is 30.3 Å². The lowest BCUT2D eigenvalue weighted by molar-refractivity contribution is -0.487. The smallest absolute Gasteiger partial charge is 0.373 e. The van der Waals surface area contributed by atoms with E-state index in [1.807, 2.05) is 0 Å². The second-order valence-corrected chi connectivity index (χ2v) is 7.16. The number of anilines is 1. The predicted molar refractivity (Wildman–Crippen MR) is 87.5 cm³/mol. The lowest BCUT2D eigenvalue weighted by Crippen LogP contribution is -2.52. The molecule has 3 rings (SSSR count). The highest BCUT2D eigenvalue weighted by molar-refractivity contribution is 7.84. The number of hydrogen-bond donors (Lipinski definition) is 2. The fourth-order valence-corrected chi connectivity index (χ4v) is 3.81. The summed E-state index contributed by atoms with van der Waals surface area (Å²) in [5.41, 5.74) is 5.56. The Morgan fingerprint density at radius 2 is 2.00 bits per heavy atom. The fourth-order valence-electron chi connectivity index (χ4n) is 2.37. The molecule has 0 saturated heterocycles. The van der Waals surface area contributed by atoms with E-state index >= 15 is 0 Å². The summed E-state index contributed by atoms with van der Waals surface area (Å²) in [5, 5.41) is 13.3. The third kappa shape index (κ3) is 2.69. The van der Waals surface area contributed by atoms with Gasteiger partial charge in [0.15, 0.2) is 5.82 Å². The van der Waals surface area contributed by atoms with Crippen molar-refractivity contribution in [3.8, 4) is 0 Å². The zero-order chi connectivity index (χ0) is 17.5. The predicted octanol–water partition coefficient (Wildman–Crippen LogP) is -0.653. The standard InChI is InChI=1S/C15H14N4O4S/c1-10(20)12-8-18(14-7-13(16)17-19(14)15(12)21)24(22,23)9-11-5-3-2-4-6-11/h2-8H,9H2,1H3,(H2,16,17)/p+1. The first-order valence-electron chi connectivity index (χ1n) is 7.00. The number of nitrogen functional groups attached to an aromatic ring is 1. The van der Waals surface area contributed by atoms with E-state index in [0.717, 1.165) is 14.7 Å². The molecule has 3 N–H and O–H groups in total. The Hall–Kier alpha value is -2.94. The molecule has 0 radical (unpaired) electrons. The number of fused-ring (bicyclic) bond motifs is 1. The first-order valence-corrected chi connectivity index (χ1v) is 8.61. The minimum atomic E-state index is -3.86. The Bertz CT molecular complexity index is 1130. The molecule has 9 heteroatoms. The Morgan fingerprint density at radius 1 is 1.33 bits per heavy atom. The van der Waals surface area contributed by atoms with Gasteiger partial charge in [0.05, 0.1) is 6.07 Å². The molecule has 0 spiro atoms. The molecule has 0 aliphatic rings. The van der Waals surface area contributed by atoms with Crippen LogP contribution in [0.3, 0.4) is 0 Å². The molecule has 0 fully saturated rings. The van der Waals surface area contributed by atoms with Crippen LogP contribution in [0.5, 0.6) is 0 Å². The number of aromatic nitrogens is 3. The minimum absolute atomic E-state index is 0.00324. The first-order chi connectivity index (χ1) is 11.3. The highest BCUT2D eigenvalue weighted by atomic mass is 32.2. The topological polar surface area (TPSA) is 119 Å². The van der Waals surface area contributed by atoms with Crippen molar-refractivity contribution in [1.82, 2.24) is 9.61 Å². The van der Waals surface area contributed by atoms with Gasteiger partial charge in [-0.05, 0) is 12.5 Å². The Kier molecular flexibility index (Phi) is 3.72. The van der Waals surface area contributed by atoms with Gasteiger partial charge in [-0.1, -0.05) is 39.9 Å². The molecule has 0 aliphatic carbocycles. The average molecular weight is 347 g/mol. The maximum Gasteiger partial charge on any atom is 0.373 e. The molecular weight excluding hydrogens is 332 g/mol. The van der Waals surface area contributed by atoms with E-state index in [4.69, 9.17) is 5.73 Å². The monoisotopic (exact) mass is 347 g/mol.